The highest BCUT2D eigenvalue weighted by atomic mass is 14.4. The average Bonchev–Trinajstić information content (AvgIpc) is 2.87. The van der Waals surface area contributed by atoms with Gasteiger partial charge in [0.05, 0.1) is 0 Å². The van der Waals surface area contributed by atoms with E-state index >= 15 is 0 Å². The van der Waals surface area contributed by atoms with E-state index in [4.69, 9.17) is 0 Å². The van der Waals surface area contributed by atoms with Crippen LogP contribution in [0.1, 0.15) is 65.0 Å². The average molecular weight is 309 g/mol. The summed E-state index contributed by atoms with van der Waals surface area (Å²) < 4.78 is 0. The minimum absolute atomic E-state index is 0.234. The number of hydrogen-bond acceptors (Lipinski definition) is 0. The quantitative estimate of drug-likeness (QED) is 0.588. The van der Waals surface area contributed by atoms with Crippen LogP contribution in [0.5, 0.6) is 0 Å². The van der Waals surface area contributed by atoms with Gasteiger partial charge in [-0.05, 0) is 65.0 Å². The first kappa shape index (κ1) is 16.6. The van der Waals surface area contributed by atoms with Gasteiger partial charge in [-0.2, -0.15) is 0 Å². The summed E-state index contributed by atoms with van der Waals surface area (Å²) in [6, 6.07) is 9.34. The molecule has 0 amide bonds. The van der Waals surface area contributed by atoms with Crippen LogP contribution in [-0.2, 0) is 5.41 Å². The van der Waals surface area contributed by atoms with E-state index in [0.29, 0.717) is 0 Å². The molecular weight excluding hydrogens is 276 g/mol. The van der Waals surface area contributed by atoms with Gasteiger partial charge in [0.2, 0.25) is 0 Å². The van der Waals surface area contributed by atoms with Crippen LogP contribution >= 0.6 is 0 Å². The molecule has 0 bridgehead atoms. The molecule has 1 fully saturated rings. The van der Waals surface area contributed by atoms with Gasteiger partial charge in [-0.25, -0.2) is 0 Å². The molecule has 0 aromatic heterocycles. The second-order valence-electron chi connectivity index (χ2n) is 9.07. The number of benzene rings is 1. The highest BCUT2D eigenvalue weighted by molar-refractivity contribution is 5.71. The van der Waals surface area contributed by atoms with Crippen molar-refractivity contribution in [3.05, 3.63) is 53.6 Å². The molecule has 0 aliphatic heterocycles. The van der Waals surface area contributed by atoms with Crippen LogP contribution < -0.4 is 0 Å². The second-order valence-corrected chi connectivity index (χ2v) is 9.07. The number of fused-ring (bicyclic) bond motifs is 1. The maximum absolute atomic E-state index is 2.46. The van der Waals surface area contributed by atoms with Crippen LogP contribution in [0.25, 0.3) is 5.57 Å². The molecule has 0 nitrogen and oxygen atoms in total. The van der Waals surface area contributed by atoms with E-state index in [1.807, 2.05) is 0 Å². The van der Waals surface area contributed by atoms with E-state index in [-0.39, 0.29) is 5.41 Å². The summed E-state index contributed by atoms with van der Waals surface area (Å²) in [5.41, 5.74) is 4.66. The third-order valence-electron chi connectivity index (χ3n) is 5.63. The number of rotatable bonds is 3. The fraction of sp³-hybridized carbons (Fsp3) is 0.565. The Morgan fingerprint density at radius 2 is 1.74 bits per heavy atom. The molecule has 0 N–H and O–H groups in total. The lowest BCUT2D eigenvalue weighted by atomic mass is 9.80. The predicted octanol–water partition coefficient (Wildman–Crippen LogP) is 6.63. The fourth-order valence-electron chi connectivity index (χ4n) is 4.51. The summed E-state index contributed by atoms with van der Waals surface area (Å²) in [4.78, 5) is 0. The van der Waals surface area contributed by atoms with Gasteiger partial charge in [0.25, 0.3) is 0 Å². The molecule has 124 valence electrons. The molecule has 0 radical (unpaired) electrons. The summed E-state index contributed by atoms with van der Waals surface area (Å²) in [7, 11) is 0. The molecule has 2 aliphatic rings. The predicted molar refractivity (Wildman–Crippen MR) is 101 cm³/mol. The largest absolute Gasteiger partial charge is 0.0808 e. The zero-order chi connectivity index (χ0) is 16.6. The minimum Gasteiger partial charge on any atom is -0.0808 e. The van der Waals surface area contributed by atoms with Crippen molar-refractivity contribution in [2.24, 2.45) is 23.7 Å². The lowest BCUT2D eigenvalue weighted by molar-refractivity contribution is 0.410. The van der Waals surface area contributed by atoms with Crippen molar-refractivity contribution in [1.82, 2.24) is 0 Å². The molecule has 0 heterocycles. The minimum atomic E-state index is 0.234. The second kappa shape index (κ2) is 6.30. The molecule has 0 spiro atoms. The van der Waals surface area contributed by atoms with Crippen LogP contribution in [0.15, 0.2) is 42.5 Å². The summed E-state index contributed by atoms with van der Waals surface area (Å²) in [6.07, 6.45) is 11.3. The highest BCUT2D eigenvalue weighted by Crippen LogP contribution is 2.48. The van der Waals surface area contributed by atoms with Gasteiger partial charge in [-0.15, -0.1) is 0 Å². The van der Waals surface area contributed by atoms with Crippen LogP contribution in [-0.4, -0.2) is 0 Å². The molecule has 3 atom stereocenters. The van der Waals surface area contributed by atoms with E-state index in [1.54, 1.807) is 5.57 Å². The Bertz CT molecular complexity index is 592. The van der Waals surface area contributed by atoms with Crippen molar-refractivity contribution in [3.8, 4) is 0 Å². The summed E-state index contributed by atoms with van der Waals surface area (Å²) in [6.45, 7) is 11.6. The van der Waals surface area contributed by atoms with E-state index < -0.39 is 0 Å². The van der Waals surface area contributed by atoms with Crippen LogP contribution in [0, 0.1) is 23.7 Å². The van der Waals surface area contributed by atoms with Gasteiger partial charge < -0.3 is 0 Å². The fourth-order valence-corrected chi connectivity index (χ4v) is 4.51. The molecule has 1 saturated carbocycles. The molecule has 3 rings (SSSR count). The molecule has 3 unspecified atom stereocenters. The molecule has 0 heteroatoms. The van der Waals surface area contributed by atoms with Crippen LogP contribution in [0.4, 0.5) is 0 Å². The third-order valence-corrected chi connectivity index (χ3v) is 5.63. The Morgan fingerprint density at radius 1 is 1.04 bits per heavy atom. The molecule has 0 saturated heterocycles. The normalized spacial score (nSPS) is 27.2. The van der Waals surface area contributed by atoms with Gasteiger partial charge >= 0.3 is 0 Å². The van der Waals surface area contributed by atoms with E-state index in [1.165, 1.54) is 30.4 Å². The van der Waals surface area contributed by atoms with Gasteiger partial charge in [-0.3, -0.25) is 0 Å². The van der Waals surface area contributed by atoms with Gasteiger partial charge in [-0.1, -0.05) is 77.1 Å². The Kier molecular flexibility index (Phi) is 4.54. The first-order valence-electron chi connectivity index (χ1n) is 9.34. The van der Waals surface area contributed by atoms with Crippen molar-refractivity contribution < 1.29 is 0 Å². The maximum Gasteiger partial charge on any atom is -0.00902 e. The molecular formula is C23H32. The van der Waals surface area contributed by atoms with Crippen molar-refractivity contribution >= 4 is 5.57 Å². The standard InChI is InChI=1S/C23H32/c1-16(2)13-17-14-19-7-6-8-21(22(19)15-17)18-9-11-20(12-10-18)23(3,4)5/h6-12,16-17,19,22H,13-15H2,1-5H3. The lowest BCUT2D eigenvalue weighted by Crippen LogP contribution is -2.12. The summed E-state index contributed by atoms with van der Waals surface area (Å²) >= 11 is 0. The Morgan fingerprint density at radius 3 is 2.35 bits per heavy atom. The SMILES string of the molecule is CC(C)CC1CC2C=CC=C(c3ccc(C(C)(C)C)cc3)C2C1. The maximum atomic E-state index is 2.46. The van der Waals surface area contributed by atoms with E-state index in [2.05, 4.69) is 77.1 Å². The number of allylic oxidation sites excluding steroid dienone is 4. The first-order valence-corrected chi connectivity index (χ1v) is 9.34. The topological polar surface area (TPSA) is 0 Å². The molecule has 1 aromatic carbocycles. The van der Waals surface area contributed by atoms with Crippen molar-refractivity contribution in [3.63, 3.8) is 0 Å². The summed E-state index contributed by atoms with van der Waals surface area (Å²) in [5, 5.41) is 0. The summed E-state index contributed by atoms with van der Waals surface area (Å²) in [5.74, 6) is 3.23. The Hall–Kier alpha value is -1.30. The zero-order valence-corrected chi connectivity index (χ0v) is 15.5. The Labute approximate surface area is 142 Å². The van der Waals surface area contributed by atoms with Crippen LogP contribution in [0.3, 0.4) is 0 Å². The van der Waals surface area contributed by atoms with Crippen molar-refractivity contribution in [1.29, 1.82) is 0 Å². The number of hydrogen-bond donors (Lipinski definition) is 0. The molecule has 2 aliphatic carbocycles. The van der Waals surface area contributed by atoms with Gasteiger partial charge in [0.1, 0.15) is 0 Å². The third kappa shape index (κ3) is 3.62. The van der Waals surface area contributed by atoms with Crippen LogP contribution in [0.2, 0.25) is 0 Å². The van der Waals surface area contributed by atoms with Gasteiger partial charge in [0.15, 0.2) is 0 Å². The Balaban J connectivity index is 1.80. The first-order chi connectivity index (χ1) is 10.8. The molecule has 1 aromatic rings. The smallest absolute Gasteiger partial charge is 0.00902 e. The lowest BCUT2D eigenvalue weighted by Gasteiger charge is -2.25. The van der Waals surface area contributed by atoms with E-state index in [0.717, 1.165) is 23.7 Å². The highest BCUT2D eigenvalue weighted by Gasteiger charge is 2.36. The van der Waals surface area contributed by atoms with Crippen molar-refractivity contribution in [2.45, 2.75) is 59.3 Å². The monoisotopic (exact) mass is 308 g/mol. The van der Waals surface area contributed by atoms with Crippen molar-refractivity contribution in [2.75, 3.05) is 0 Å². The molecule has 23 heavy (non-hydrogen) atoms. The van der Waals surface area contributed by atoms with Gasteiger partial charge in [0, 0.05) is 0 Å². The van der Waals surface area contributed by atoms with E-state index in [9.17, 15) is 0 Å². The zero-order valence-electron chi connectivity index (χ0n) is 15.5.